The molecule has 27 heavy (non-hydrogen) atoms. The first-order valence-corrected chi connectivity index (χ1v) is 8.40. The molecule has 0 fully saturated rings. The molecular weight excluding hydrogens is 342 g/mol. The van der Waals surface area contributed by atoms with E-state index in [0.717, 1.165) is 17.0 Å². The largest absolute Gasteiger partial charge is 0.506 e. The second-order valence-corrected chi connectivity index (χ2v) is 6.22. The van der Waals surface area contributed by atoms with Gasteiger partial charge < -0.3 is 10.4 Å². The molecule has 8 nitrogen and oxygen atoms in total. The molecule has 0 aliphatic rings. The third kappa shape index (κ3) is 3.50. The lowest BCUT2D eigenvalue weighted by Gasteiger charge is -2.10. The van der Waals surface area contributed by atoms with Crippen LogP contribution in [0.3, 0.4) is 0 Å². The Morgan fingerprint density at radius 2 is 1.78 bits per heavy atom. The maximum atomic E-state index is 10.4. The molecule has 134 valence electrons. The van der Waals surface area contributed by atoms with Crippen LogP contribution in [0.5, 0.6) is 5.75 Å². The Kier molecular flexibility index (Phi) is 4.29. The minimum atomic E-state index is 0.0484. The van der Waals surface area contributed by atoms with Gasteiger partial charge in [0.25, 0.3) is 0 Å². The Morgan fingerprint density at radius 1 is 0.963 bits per heavy atom. The first-order chi connectivity index (χ1) is 13.1. The van der Waals surface area contributed by atoms with Gasteiger partial charge >= 0.3 is 0 Å². The summed E-state index contributed by atoms with van der Waals surface area (Å²) >= 11 is 0. The van der Waals surface area contributed by atoms with Gasteiger partial charge in [0.15, 0.2) is 5.82 Å². The molecule has 0 saturated heterocycles. The molecule has 0 atom stereocenters. The van der Waals surface area contributed by atoms with E-state index in [1.165, 1.54) is 6.33 Å². The molecule has 0 amide bonds. The second kappa shape index (κ2) is 6.91. The topological polar surface area (TPSA) is 110 Å². The van der Waals surface area contributed by atoms with E-state index < -0.39 is 0 Å². The van der Waals surface area contributed by atoms with E-state index in [0.29, 0.717) is 34.7 Å². The Morgan fingerprint density at radius 3 is 2.52 bits per heavy atom. The van der Waals surface area contributed by atoms with Crippen LogP contribution in [-0.4, -0.2) is 35.2 Å². The summed E-state index contributed by atoms with van der Waals surface area (Å²) in [5.41, 5.74) is 3.76. The van der Waals surface area contributed by atoms with Gasteiger partial charge in [-0.15, -0.1) is 0 Å². The Bertz CT molecular complexity index is 1100. The molecule has 0 unspecified atom stereocenters. The summed E-state index contributed by atoms with van der Waals surface area (Å²) in [4.78, 5) is 17.1. The van der Waals surface area contributed by atoms with E-state index in [2.05, 4.69) is 35.5 Å². The van der Waals surface area contributed by atoms with Crippen LogP contribution in [0, 0.1) is 13.8 Å². The van der Waals surface area contributed by atoms with Crippen LogP contribution in [0.1, 0.15) is 17.0 Å². The van der Waals surface area contributed by atoms with Crippen molar-refractivity contribution in [3.8, 4) is 17.1 Å². The van der Waals surface area contributed by atoms with Gasteiger partial charge in [0.2, 0.25) is 0 Å². The van der Waals surface area contributed by atoms with Gasteiger partial charge in [-0.3, -0.25) is 0 Å². The molecule has 0 saturated carbocycles. The molecule has 1 aromatic carbocycles. The monoisotopic (exact) mass is 359 g/mol. The zero-order chi connectivity index (χ0) is 18.8. The standard InChI is InChI=1S/C19H17N7O/c1-11-7-20-18(21-8-11)13-5-15-17(16(27)6-13)23-10-24-19(15)22-9-14-4-3-12(2)25-26-14/h3-8,10,27H,9H2,1-2H3,(H,22,23,24). The maximum absolute atomic E-state index is 10.4. The van der Waals surface area contributed by atoms with Crippen molar-refractivity contribution in [1.29, 1.82) is 0 Å². The van der Waals surface area contributed by atoms with Gasteiger partial charge in [0.05, 0.1) is 17.9 Å². The van der Waals surface area contributed by atoms with Gasteiger partial charge in [-0.05, 0) is 43.7 Å². The quantitative estimate of drug-likeness (QED) is 0.572. The zero-order valence-electron chi connectivity index (χ0n) is 14.9. The average Bonchev–Trinajstić information content (AvgIpc) is 2.68. The summed E-state index contributed by atoms with van der Waals surface area (Å²) in [6, 6.07) is 7.28. The van der Waals surface area contributed by atoms with Gasteiger partial charge in [-0.2, -0.15) is 10.2 Å². The summed E-state index contributed by atoms with van der Waals surface area (Å²) < 4.78 is 0. The SMILES string of the molecule is Cc1cnc(-c2cc(O)c3ncnc(NCc4ccc(C)nn4)c3c2)nc1. The Balaban J connectivity index is 1.72. The third-order valence-corrected chi connectivity index (χ3v) is 4.05. The number of phenolic OH excluding ortho intramolecular Hbond substituents is 1. The highest BCUT2D eigenvalue weighted by Crippen LogP contribution is 2.32. The van der Waals surface area contributed by atoms with Crippen LogP contribution in [-0.2, 0) is 6.54 Å². The number of aromatic nitrogens is 6. The summed E-state index contributed by atoms with van der Waals surface area (Å²) in [6.45, 7) is 4.26. The summed E-state index contributed by atoms with van der Waals surface area (Å²) in [7, 11) is 0. The highest BCUT2D eigenvalue weighted by Gasteiger charge is 2.12. The van der Waals surface area contributed by atoms with E-state index >= 15 is 0 Å². The molecule has 2 N–H and O–H groups in total. The van der Waals surface area contributed by atoms with Crippen molar-refractivity contribution in [2.75, 3.05) is 5.32 Å². The van der Waals surface area contributed by atoms with Gasteiger partial charge in [-0.25, -0.2) is 19.9 Å². The smallest absolute Gasteiger partial charge is 0.159 e. The second-order valence-electron chi connectivity index (χ2n) is 6.22. The predicted octanol–water partition coefficient (Wildman–Crippen LogP) is 2.81. The van der Waals surface area contributed by atoms with Gasteiger partial charge in [0.1, 0.15) is 23.4 Å². The number of hydrogen-bond donors (Lipinski definition) is 2. The van der Waals surface area contributed by atoms with Crippen molar-refractivity contribution >= 4 is 16.7 Å². The third-order valence-electron chi connectivity index (χ3n) is 4.05. The predicted molar refractivity (Wildman–Crippen MR) is 101 cm³/mol. The first kappa shape index (κ1) is 16.8. The lowest BCUT2D eigenvalue weighted by molar-refractivity contribution is 0.480. The summed E-state index contributed by atoms with van der Waals surface area (Å²) in [5.74, 6) is 1.16. The fourth-order valence-electron chi connectivity index (χ4n) is 2.66. The number of aryl methyl sites for hydroxylation is 2. The molecule has 4 aromatic rings. The molecule has 0 radical (unpaired) electrons. The van der Waals surface area contributed by atoms with E-state index in [4.69, 9.17) is 0 Å². The van der Waals surface area contributed by atoms with E-state index in [9.17, 15) is 5.11 Å². The molecule has 8 heteroatoms. The molecule has 3 heterocycles. The van der Waals surface area contributed by atoms with Gasteiger partial charge in [0, 0.05) is 23.3 Å². The molecule has 4 rings (SSSR count). The number of rotatable bonds is 4. The van der Waals surface area contributed by atoms with Crippen LogP contribution in [0.4, 0.5) is 5.82 Å². The number of aromatic hydroxyl groups is 1. The number of benzene rings is 1. The number of hydrogen-bond acceptors (Lipinski definition) is 8. The fourth-order valence-corrected chi connectivity index (χ4v) is 2.66. The number of phenols is 1. The molecule has 0 bridgehead atoms. The molecule has 0 spiro atoms. The van der Waals surface area contributed by atoms with Crippen molar-refractivity contribution in [2.45, 2.75) is 20.4 Å². The Labute approximate surface area is 155 Å². The average molecular weight is 359 g/mol. The molecule has 3 aromatic heterocycles. The highest BCUT2D eigenvalue weighted by molar-refractivity contribution is 5.95. The lowest BCUT2D eigenvalue weighted by atomic mass is 10.1. The van der Waals surface area contributed by atoms with E-state index in [1.807, 2.05) is 32.0 Å². The van der Waals surface area contributed by atoms with Gasteiger partial charge in [-0.1, -0.05) is 0 Å². The molecular formula is C19H17N7O. The minimum Gasteiger partial charge on any atom is -0.506 e. The summed E-state index contributed by atoms with van der Waals surface area (Å²) in [6.07, 6.45) is 4.88. The van der Waals surface area contributed by atoms with Crippen molar-refractivity contribution in [3.05, 3.63) is 59.9 Å². The maximum Gasteiger partial charge on any atom is 0.159 e. The van der Waals surface area contributed by atoms with Crippen LogP contribution >= 0.6 is 0 Å². The number of nitrogens with one attached hydrogen (secondary N) is 1. The number of anilines is 1. The van der Waals surface area contributed by atoms with Crippen molar-refractivity contribution in [3.63, 3.8) is 0 Å². The molecule has 0 aliphatic carbocycles. The van der Waals surface area contributed by atoms with Crippen LogP contribution in [0.15, 0.2) is 43.0 Å². The van der Waals surface area contributed by atoms with Crippen LogP contribution in [0.25, 0.3) is 22.3 Å². The summed E-state index contributed by atoms with van der Waals surface area (Å²) in [5, 5.41) is 22.5. The number of nitrogens with zero attached hydrogens (tertiary/aromatic N) is 6. The van der Waals surface area contributed by atoms with Crippen LogP contribution < -0.4 is 5.32 Å². The minimum absolute atomic E-state index is 0.0484. The van der Waals surface area contributed by atoms with Crippen molar-refractivity contribution in [1.82, 2.24) is 30.1 Å². The normalized spacial score (nSPS) is 10.9. The Hall–Kier alpha value is -3.68. The highest BCUT2D eigenvalue weighted by atomic mass is 16.3. The number of fused-ring (bicyclic) bond motifs is 1. The fraction of sp³-hybridized carbons (Fsp3) is 0.158. The van der Waals surface area contributed by atoms with E-state index in [-0.39, 0.29) is 5.75 Å². The zero-order valence-corrected chi connectivity index (χ0v) is 14.9. The van der Waals surface area contributed by atoms with Crippen LogP contribution in [0.2, 0.25) is 0 Å². The van der Waals surface area contributed by atoms with Crippen molar-refractivity contribution in [2.24, 2.45) is 0 Å². The lowest BCUT2D eigenvalue weighted by Crippen LogP contribution is -2.05. The first-order valence-electron chi connectivity index (χ1n) is 8.40. The van der Waals surface area contributed by atoms with E-state index in [1.54, 1.807) is 18.5 Å². The molecule has 0 aliphatic heterocycles. The van der Waals surface area contributed by atoms with Crippen molar-refractivity contribution < 1.29 is 5.11 Å².